The minimum Gasteiger partial charge on any atom is -0.487 e. The summed E-state index contributed by atoms with van der Waals surface area (Å²) in [5, 5.41) is 1.83. The van der Waals surface area contributed by atoms with Gasteiger partial charge in [-0.05, 0) is 71.3 Å². The molecule has 0 aliphatic rings. The van der Waals surface area contributed by atoms with Crippen LogP contribution in [0.2, 0.25) is 5.02 Å². The maximum absolute atomic E-state index is 6.06. The first-order chi connectivity index (χ1) is 17.2. The molecule has 172 valence electrons. The molecule has 5 heteroatoms. The standard InChI is InChI=1S/C30H23ClN2O2/c31-26-12-7-22(8-13-26)18-25(20-34-29-5-3-17-32-19-29)23-10-15-28(16-11-23)35-21-27-14-9-24-4-1-2-6-30(24)33-27/h1-19H,20-21H2. The number of benzene rings is 3. The lowest BCUT2D eigenvalue weighted by molar-refractivity contribution is 0.302. The van der Waals surface area contributed by atoms with Crippen LogP contribution in [0, 0.1) is 0 Å². The van der Waals surface area contributed by atoms with Gasteiger partial charge in [-0.25, -0.2) is 4.98 Å². The molecule has 4 nitrogen and oxygen atoms in total. The van der Waals surface area contributed by atoms with Gasteiger partial charge >= 0.3 is 0 Å². The SMILES string of the molecule is Clc1ccc(C=C(COc2cccnc2)c2ccc(OCc3ccc4ccccc4n3)cc2)cc1. The summed E-state index contributed by atoms with van der Waals surface area (Å²) in [6, 6.07) is 31.6. The minimum absolute atomic E-state index is 0.398. The Morgan fingerprint density at radius 3 is 2.40 bits per heavy atom. The van der Waals surface area contributed by atoms with E-state index in [1.54, 1.807) is 12.4 Å². The third-order valence-corrected chi connectivity index (χ3v) is 5.76. The highest BCUT2D eigenvalue weighted by Gasteiger charge is 2.06. The van der Waals surface area contributed by atoms with Crippen molar-refractivity contribution in [3.8, 4) is 11.5 Å². The molecule has 0 aliphatic heterocycles. The van der Waals surface area contributed by atoms with Gasteiger partial charge in [-0.15, -0.1) is 0 Å². The van der Waals surface area contributed by atoms with Gasteiger partial charge in [0.05, 0.1) is 17.4 Å². The minimum atomic E-state index is 0.398. The summed E-state index contributed by atoms with van der Waals surface area (Å²) in [4.78, 5) is 8.80. The van der Waals surface area contributed by atoms with Crippen molar-refractivity contribution < 1.29 is 9.47 Å². The van der Waals surface area contributed by atoms with Crippen LogP contribution in [0.25, 0.3) is 22.6 Å². The number of nitrogens with zero attached hydrogens (tertiary/aromatic N) is 2. The zero-order chi connectivity index (χ0) is 23.9. The number of ether oxygens (including phenoxy) is 2. The summed E-state index contributed by atoms with van der Waals surface area (Å²) < 4.78 is 12.0. The normalized spacial score (nSPS) is 11.4. The summed E-state index contributed by atoms with van der Waals surface area (Å²) in [5.74, 6) is 1.50. The van der Waals surface area contributed by atoms with E-state index < -0.39 is 0 Å². The molecular formula is C30H23ClN2O2. The van der Waals surface area contributed by atoms with Crippen LogP contribution in [0.15, 0.2) is 109 Å². The molecule has 0 aliphatic carbocycles. The van der Waals surface area contributed by atoms with Gasteiger partial charge in [0.15, 0.2) is 0 Å². The highest BCUT2D eigenvalue weighted by atomic mass is 35.5. The largest absolute Gasteiger partial charge is 0.487 e. The quantitative estimate of drug-likeness (QED) is 0.217. The van der Waals surface area contributed by atoms with E-state index in [2.05, 4.69) is 28.2 Å². The molecule has 0 fully saturated rings. The van der Waals surface area contributed by atoms with Crippen molar-refractivity contribution in [2.24, 2.45) is 0 Å². The summed E-state index contributed by atoms with van der Waals surface area (Å²) in [6.07, 6.45) is 5.53. The Morgan fingerprint density at radius 2 is 1.60 bits per heavy atom. The van der Waals surface area contributed by atoms with E-state index in [1.807, 2.05) is 84.9 Å². The Labute approximate surface area is 209 Å². The monoisotopic (exact) mass is 478 g/mol. The van der Waals surface area contributed by atoms with Gasteiger partial charge < -0.3 is 9.47 Å². The van der Waals surface area contributed by atoms with Crippen LogP contribution in [0.5, 0.6) is 11.5 Å². The van der Waals surface area contributed by atoms with Crippen molar-refractivity contribution in [2.75, 3.05) is 6.61 Å². The molecule has 0 N–H and O–H groups in total. The van der Waals surface area contributed by atoms with E-state index in [-0.39, 0.29) is 0 Å². The van der Waals surface area contributed by atoms with Crippen molar-refractivity contribution >= 4 is 34.2 Å². The third kappa shape index (κ3) is 6.05. The highest BCUT2D eigenvalue weighted by Crippen LogP contribution is 2.24. The van der Waals surface area contributed by atoms with Crippen molar-refractivity contribution in [1.29, 1.82) is 0 Å². The maximum atomic E-state index is 6.06. The Balaban J connectivity index is 1.32. The van der Waals surface area contributed by atoms with Gasteiger partial charge in [-0.1, -0.05) is 60.1 Å². The molecule has 2 aromatic heterocycles. The van der Waals surface area contributed by atoms with E-state index in [1.165, 1.54) is 0 Å². The molecule has 0 bridgehead atoms. The van der Waals surface area contributed by atoms with Gasteiger partial charge in [0.25, 0.3) is 0 Å². The van der Waals surface area contributed by atoms with Gasteiger partial charge in [-0.3, -0.25) is 4.98 Å². The lowest BCUT2D eigenvalue weighted by Gasteiger charge is -2.12. The van der Waals surface area contributed by atoms with Crippen molar-refractivity contribution in [1.82, 2.24) is 9.97 Å². The second-order valence-corrected chi connectivity index (χ2v) is 8.44. The number of para-hydroxylation sites is 1. The number of aromatic nitrogens is 2. The third-order valence-electron chi connectivity index (χ3n) is 5.51. The second-order valence-electron chi connectivity index (χ2n) is 8.01. The first kappa shape index (κ1) is 22.6. The van der Waals surface area contributed by atoms with E-state index in [9.17, 15) is 0 Å². The van der Waals surface area contributed by atoms with Crippen molar-refractivity contribution in [3.05, 3.63) is 131 Å². The molecule has 5 rings (SSSR count). The Bertz CT molecular complexity index is 1430. The lowest BCUT2D eigenvalue weighted by Crippen LogP contribution is -2.02. The predicted octanol–water partition coefficient (Wildman–Crippen LogP) is 7.48. The number of hydrogen-bond acceptors (Lipinski definition) is 4. The van der Waals surface area contributed by atoms with Gasteiger partial charge in [0.1, 0.15) is 24.7 Å². The average Bonchev–Trinajstić information content (AvgIpc) is 2.92. The molecule has 3 aromatic carbocycles. The summed E-state index contributed by atoms with van der Waals surface area (Å²) in [5.41, 5.74) is 4.97. The summed E-state index contributed by atoms with van der Waals surface area (Å²) >= 11 is 6.06. The van der Waals surface area contributed by atoms with Crippen LogP contribution < -0.4 is 9.47 Å². The maximum Gasteiger partial charge on any atom is 0.138 e. The zero-order valence-corrected chi connectivity index (χ0v) is 19.7. The van der Waals surface area contributed by atoms with Crippen LogP contribution in [0.4, 0.5) is 0 Å². The van der Waals surface area contributed by atoms with Crippen LogP contribution >= 0.6 is 11.6 Å². The molecule has 0 atom stereocenters. The number of fused-ring (bicyclic) bond motifs is 1. The van der Waals surface area contributed by atoms with Gasteiger partial charge in [-0.2, -0.15) is 0 Å². The smallest absolute Gasteiger partial charge is 0.138 e. The predicted molar refractivity (Wildman–Crippen MR) is 142 cm³/mol. The second kappa shape index (κ2) is 10.9. The topological polar surface area (TPSA) is 44.2 Å². The average molecular weight is 479 g/mol. The first-order valence-electron chi connectivity index (χ1n) is 11.3. The fraction of sp³-hybridized carbons (Fsp3) is 0.0667. The molecule has 0 unspecified atom stereocenters. The van der Waals surface area contributed by atoms with Crippen LogP contribution in [0.1, 0.15) is 16.8 Å². The zero-order valence-electron chi connectivity index (χ0n) is 19.0. The molecule has 0 radical (unpaired) electrons. The fourth-order valence-electron chi connectivity index (χ4n) is 3.67. The molecule has 0 saturated heterocycles. The van der Waals surface area contributed by atoms with Crippen molar-refractivity contribution in [3.63, 3.8) is 0 Å². The fourth-order valence-corrected chi connectivity index (χ4v) is 3.80. The number of rotatable bonds is 8. The van der Waals surface area contributed by atoms with Gasteiger partial charge in [0, 0.05) is 16.6 Å². The first-order valence-corrected chi connectivity index (χ1v) is 11.7. The molecule has 35 heavy (non-hydrogen) atoms. The Kier molecular flexibility index (Phi) is 7.02. The molecule has 5 aromatic rings. The van der Waals surface area contributed by atoms with Crippen molar-refractivity contribution in [2.45, 2.75) is 6.61 Å². The Hall–Kier alpha value is -4.15. The summed E-state index contributed by atoms with van der Waals surface area (Å²) in [7, 11) is 0. The van der Waals surface area contributed by atoms with Crippen LogP contribution in [-0.2, 0) is 6.61 Å². The number of hydrogen-bond donors (Lipinski definition) is 0. The summed E-state index contributed by atoms with van der Waals surface area (Å²) in [6.45, 7) is 0.803. The van der Waals surface area contributed by atoms with Crippen LogP contribution in [-0.4, -0.2) is 16.6 Å². The molecule has 2 heterocycles. The van der Waals surface area contributed by atoms with E-state index in [0.717, 1.165) is 44.8 Å². The van der Waals surface area contributed by atoms with E-state index in [0.29, 0.717) is 18.2 Å². The molecule has 0 spiro atoms. The van der Waals surface area contributed by atoms with Crippen LogP contribution in [0.3, 0.4) is 0 Å². The number of pyridine rings is 2. The highest BCUT2D eigenvalue weighted by molar-refractivity contribution is 6.30. The molecule has 0 amide bonds. The molecular weight excluding hydrogens is 456 g/mol. The Morgan fingerprint density at radius 1 is 0.771 bits per heavy atom. The van der Waals surface area contributed by atoms with Gasteiger partial charge in [0.2, 0.25) is 0 Å². The van der Waals surface area contributed by atoms with E-state index >= 15 is 0 Å². The molecule has 0 saturated carbocycles. The van der Waals surface area contributed by atoms with E-state index in [4.69, 9.17) is 21.1 Å². The lowest BCUT2D eigenvalue weighted by atomic mass is 10.0. The number of halogens is 1.